The van der Waals surface area contributed by atoms with E-state index in [0.29, 0.717) is 5.82 Å². The van der Waals surface area contributed by atoms with Gasteiger partial charge in [-0.2, -0.15) is 10.2 Å². The van der Waals surface area contributed by atoms with E-state index in [4.69, 9.17) is 5.10 Å². The third kappa shape index (κ3) is 4.11. The number of carbonyl (C=O) groups is 1. The summed E-state index contributed by atoms with van der Waals surface area (Å²) in [6, 6.07) is 18.0. The predicted molar refractivity (Wildman–Crippen MR) is 130 cm³/mol. The van der Waals surface area contributed by atoms with Gasteiger partial charge in [0.2, 0.25) is 5.91 Å². The van der Waals surface area contributed by atoms with Crippen LogP contribution in [0.25, 0.3) is 16.7 Å². The molecule has 8 nitrogen and oxygen atoms in total. The number of hydrogen-bond donors (Lipinski definition) is 1. The van der Waals surface area contributed by atoms with E-state index in [1.54, 1.807) is 6.21 Å². The Morgan fingerprint density at radius 1 is 1.09 bits per heavy atom. The average Bonchev–Trinajstić information content (AvgIpc) is 3.54. The van der Waals surface area contributed by atoms with E-state index in [2.05, 4.69) is 20.4 Å². The Labute approximate surface area is 192 Å². The normalized spacial score (nSPS) is 13.9. The van der Waals surface area contributed by atoms with Crippen molar-refractivity contribution in [3.8, 4) is 5.69 Å². The smallest absolute Gasteiger partial charge is 0.247 e. The molecule has 3 heterocycles. The Morgan fingerprint density at radius 2 is 1.82 bits per heavy atom. The van der Waals surface area contributed by atoms with Gasteiger partial charge in [-0.1, -0.05) is 30.3 Å². The number of carbonyl (C=O) groups excluding carboxylic acids is 1. The van der Waals surface area contributed by atoms with Crippen LogP contribution in [0.5, 0.6) is 0 Å². The number of para-hydroxylation sites is 3. The second-order valence-electron chi connectivity index (χ2n) is 8.31. The molecule has 8 heteroatoms. The molecule has 0 aliphatic carbocycles. The van der Waals surface area contributed by atoms with E-state index >= 15 is 0 Å². The zero-order chi connectivity index (χ0) is 22.8. The summed E-state index contributed by atoms with van der Waals surface area (Å²) in [6.45, 7) is 3.94. The highest BCUT2D eigenvalue weighted by atomic mass is 16.2. The number of imidazole rings is 1. The largest absolute Gasteiger partial charge is 0.356 e. The van der Waals surface area contributed by atoms with Gasteiger partial charge in [0.25, 0.3) is 0 Å². The van der Waals surface area contributed by atoms with Crippen LogP contribution in [0.3, 0.4) is 0 Å². The first-order valence-corrected chi connectivity index (χ1v) is 11.2. The molecule has 1 amide bonds. The molecule has 5 rings (SSSR count). The van der Waals surface area contributed by atoms with Crippen LogP contribution in [0.1, 0.15) is 29.9 Å². The molecule has 2 aromatic heterocycles. The Kier molecular flexibility index (Phi) is 5.64. The lowest BCUT2D eigenvalue weighted by Gasteiger charge is -2.20. The van der Waals surface area contributed by atoms with Crippen molar-refractivity contribution in [2.24, 2.45) is 12.1 Å². The van der Waals surface area contributed by atoms with Crippen molar-refractivity contribution >= 4 is 29.0 Å². The molecule has 0 radical (unpaired) electrons. The van der Waals surface area contributed by atoms with Crippen LogP contribution in [0.4, 0.5) is 5.82 Å². The lowest BCUT2D eigenvalue weighted by atomic mass is 10.2. The topological polar surface area (TPSA) is 80.3 Å². The van der Waals surface area contributed by atoms with Crippen molar-refractivity contribution < 1.29 is 4.79 Å². The van der Waals surface area contributed by atoms with Gasteiger partial charge < -0.3 is 9.47 Å². The summed E-state index contributed by atoms with van der Waals surface area (Å²) in [5, 5.41) is 9.06. The van der Waals surface area contributed by atoms with Gasteiger partial charge in [0.05, 0.1) is 40.6 Å². The minimum Gasteiger partial charge on any atom is -0.356 e. The van der Waals surface area contributed by atoms with E-state index in [0.717, 1.165) is 59.7 Å². The van der Waals surface area contributed by atoms with Gasteiger partial charge in [-0.05, 0) is 44.0 Å². The molecule has 1 saturated heterocycles. The van der Waals surface area contributed by atoms with Crippen LogP contribution in [0.2, 0.25) is 0 Å². The highest BCUT2D eigenvalue weighted by Gasteiger charge is 2.23. The van der Waals surface area contributed by atoms with Gasteiger partial charge in [0.15, 0.2) is 0 Å². The van der Waals surface area contributed by atoms with Crippen LogP contribution in [-0.4, -0.2) is 44.5 Å². The molecular weight excluding hydrogens is 414 g/mol. The third-order valence-electron chi connectivity index (χ3n) is 6.07. The molecule has 0 unspecified atom stereocenters. The van der Waals surface area contributed by atoms with Crippen LogP contribution >= 0.6 is 0 Å². The maximum absolute atomic E-state index is 12.6. The molecule has 1 aliphatic heterocycles. The molecule has 0 spiro atoms. The number of rotatable bonds is 6. The van der Waals surface area contributed by atoms with Gasteiger partial charge in [0, 0.05) is 20.1 Å². The first kappa shape index (κ1) is 20.9. The highest BCUT2D eigenvalue weighted by Crippen LogP contribution is 2.29. The molecule has 1 fully saturated rings. The number of anilines is 1. The zero-order valence-corrected chi connectivity index (χ0v) is 18.9. The summed E-state index contributed by atoms with van der Waals surface area (Å²) in [5.74, 6) is 1.51. The molecule has 2 aromatic carbocycles. The van der Waals surface area contributed by atoms with E-state index in [-0.39, 0.29) is 12.3 Å². The Balaban J connectivity index is 1.37. The summed E-state index contributed by atoms with van der Waals surface area (Å²) >= 11 is 0. The maximum Gasteiger partial charge on any atom is 0.247 e. The maximum atomic E-state index is 12.6. The van der Waals surface area contributed by atoms with Crippen molar-refractivity contribution in [2.75, 3.05) is 18.0 Å². The SMILES string of the molecule is Cc1nn(-c2ccccc2)c(N2CCCC2)c1/C=N/NC(=O)Cc1nc2ccccc2n1C. The number of nitrogens with zero attached hydrogens (tertiary/aromatic N) is 6. The van der Waals surface area contributed by atoms with Crippen LogP contribution in [0, 0.1) is 6.92 Å². The number of amides is 1. The molecule has 1 N–H and O–H groups in total. The predicted octanol–water partition coefficient (Wildman–Crippen LogP) is 3.36. The Morgan fingerprint density at radius 3 is 2.58 bits per heavy atom. The number of hydrazone groups is 1. The molecule has 1 aliphatic rings. The van der Waals surface area contributed by atoms with Crippen molar-refractivity contribution in [3.05, 3.63) is 71.7 Å². The fourth-order valence-electron chi connectivity index (χ4n) is 4.37. The molecule has 0 bridgehead atoms. The number of aryl methyl sites for hydroxylation is 2. The van der Waals surface area contributed by atoms with Crippen molar-refractivity contribution in [1.29, 1.82) is 0 Å². The molecule has 33 heavy (non-hydrogen) atoms. The monoisotopic (exact) mass is 441 g/mol. The third-order valence-corrected chi connectivity index (χ3v) is 6.07. The van der Waals surface area contributed by atoms with Gasteiger partial charge in [0.1, 0.15) is 11.6 Å². The van der Waals surface area contributed by atoms with E-state index < -0.39 is 0 Å². The molecule has 0 saturated carbocycles. The van der Waals surface area contributed by atoms with Gasteiger partial charge >= 0.3 is 0 Å². The minimum atomic E-state index is -0.208. The van der Waals surface area contributed by atoms with Crippen molar-refractivity contribution in [3.63, 3.8) is 0 Å². The number of hydrogen-bond acceptors (Lipinski definition) is 5. The minimum absolute atomic E-state index is 0.157. The second kappa shape index (κ2) is 8.90. The molecule has 168 valence electrons. The van der Waals surface area contributed by atoms with Gasteiger partial charge in [-0.15, -0.1) is 0 Å². The summed E-state index contributed by atoms with van der Waals surface area (Å²) in [6.07, 6.45) is 4.18. The fourth-order valence-corrected chi connectivity index (χ4v) is 4.37. The van der Waals surface area contributed by atoms with Crippen molar-refractivity contribution in [2.45, 2.75) is 26.2 Å². The van der Waals surface area contributed by atoms with Crippen LogP contribution in [-0.2, 0) is 18.3 Å². The number of aromatic nitrogens is 4. The van der Waals surface area contributed by atoms with Gasteiger partial charge in [-0.3, -0.25) is 4.79 Å². The Bertz CT molecular complexity index is 1310. The highest BCUT2D eigenvalue weighted by molar-refractivity contribution is 5.90. The quantitative estimate of drug-likeness (QED) is 0.368. The first-order valence-electron chi connectivity index (χ1n) is 11.2. The van der Waals surface area contributed by atoms with Crippen molar-refractivity contribution in [1.82, 2.24) is 24.8 Å². The Hall–Kier alpha value is -3.94. The summed E-state index contributed by atoms with van der Waals surface area (Å²) in [7, 11) is 1.92. The zero-order valence-electron chi connectivity index (χ0n) is 18.9. The molecule has 4 aromatic rings. The lowest BCUT2D eigenvalue weighted by molar-refractivity contribution is -0.120. The van der Waals surface area contributed by atoms with E-state index in [1.807, 2.05) is 77.8 Å². The average molecular weight is 442 g/mol. The second-order valence-corrected chi connectivity index (χ2v) is 8.31. The number of benzene rings is 2. The van der Waals surface area contributed by atoms with E-state index in [9.17, 15) is 4.79 Å². The number of nitrogens with one attached hydrogen (secondary N) is 1. The van der Waals surface area contributed by atoms with Crippen LogP contribution < -0.4 is 10.3 Å². The summed E-state index contributed by atoms with van der Waals surface area (Å²) in [4.78, 5) is 19.5. The number of fused-ring (bicyclic) bond motifs is 1. The molecular formula is C25H27N7O. The lowest BCUT2D eigenvalue weighted by Crippen LogP contribution is -2.23. The fraction of sp³-hybridized carbons (Fsp3) is 0.280. The standard InChI is InChI=1S/C25H27N7O/c1-18-20(25(31-14-8-9-15-31)32(29-18)19-10-4-3-5-11-19)17-26-28-24(33)16-23-27-21-12-6-7-13-22(21)30(23)2/h3-7,10-13,17H,8-9,14-16H2,1-2H3,(H,28,33)/b26-17+. The molecule has 0 atom stereocenters. The van der Waals surface area contributed by atoms with Gasteiger partial charge in [-0.25, -0.2) is 15.1 Å². The summed E-state index contributed by atoms with van der Waals surface area (Å²) < 4.78 is 3.92. The van der Waals surface area contributed by atoms with Crippen LogP contribution in [0.15, 0.2) is 59.7 Å². The summed E-state index contributed by atoms with van der Waals surface area (Å²) in [5.41, 5.74) is 7.35. The van der Waals surface area contributed by atoms with E-state index in [1.165, 1.54) is 0 Å². The first-order chi connectivity index (χ1) is 16.1.